The summed E-state index contributed by atoms with van der Waals surface area (Å²) in [5.74, 6) is -13.2. The minimum Gasteiger partial charge on any atom is -0.463 e. The lowest BCUT2D eigenvalue weighted by molar-refractivity contribution is -0.288. The SMILES string of the molecule is CC(=O)OC[C@H]1O[C@@H](Oc2ccc(C3=c4ccc([nH]4)=C(c4ccc(O[C@@H]5O[C@H](COC(C)=O)[C@@H](OC(C)=O)[C@H](OC(C)=O)[C@H]5OC(C)=O)cc4)c4ccc([nH]4)C(c4ccc(O[C@@H]5O[C@H](COC(C)=O)[C@@H](OC(C)=O)[C@H](OC(C)=O)[C@H]5OC(C)=O)cc4)=c4ccc([nH]4)=C(c4ccc(O[C@@H]5O[C@H](COC(C)=O)[C@@H](OC(C)=O)[C@H](OC(C)=O)[C@H]5OC(C)=O)cc4)c4ccc3[nH]4)cc2)[C@H](OC(C)=O)[C@@H](OC(C)=O)[C@@H]1OC(C)=O. The smallest absolute Gasteiger partial charge is 0.303 e. The Balaban J connectivity index is 1.01. The summed E-state index contributed by atoms with van der Waals surface area (Å²) in [6.07, 6.45) is -31.0. The molecule has 4 fully saturated rings. The standard InChI is InChI=1S/C100H104N4O40/c1-45(105)121-41-77-85(125-49(5)109)89(129-53(9)113)93(133-57(13)117)97(141-77)137-65-25-17-61(18-26-65)81-69-33-35-71(101-69)82(62-19-27-66(28-20-62)138-98-94(134-58(14)118)90(130-54(10)114)86(126-50(6)110)78(142-98)42-122-46(2)106)73-37-39-75(103-73)84(64-23-31-68(32-24-64)140-100-96(136-60(16)120)92(132-56(12)116)88(128-52(8)112)80(144-100)44-124-48(4)108)76-40-38-74(104-76)83(72-36-34-70(81)102-72)63-21-29-67(30-22-63)139-99-95(135-59(15)119)91(131-55(11)115)87(127-51(7)111)79(143-99)43-123-47(3)107/h17-40,77-80,85-104H,41-44H2,1-16H3/t77-,78-,79-,80-,85-,86-,87-,88-,89+,90+,91+,92+,93-,94-,95-,96-,97-,98-,99-,100-/m1/s1. The minimum absolute atomic E-state index is 0.0657. The molecule has 44 heteroatoms. The van der Waals surface area contributed by atoms with Crippen LogP contribution in [-0.4, -0.2) is 265 Å². The second-order valence-corrected chi connectivity index (χ2v) is 33.5. The van der Waals surface area contributed by atoms with Crippen LogP contribution in [0, 0.1) is 0 Å². The molecule has 9 heterocycles. The van der Waals surface area contributed by atoms with E-state index in [2.05, 4.69) is 19.9 Å². The molecule has 44 nitrogen and oxygen atoms in total. The van der Waals surface area contributed by atoms with Crippen LogP contribution in [0.25, 0.3) is 22.3 Å². The number of fused-ring (bicyclic) bond motifs is 8. The first-order chi connectivity index (χ1) is 68.5. The number of hydrogen-bond acceptors (Lipinski definition) is 40. The van der Waals surface area contributed by atoms with Crippen molar-refractivity contribution in [3.63, 3.8) is 0 Å². The third-order valence-corrected chi connectivity index (χ3v) is 22.3. The number of aromatic nitrogens is 4. The average Bonchev–Trinajstić information content (AvgIpc) is 1.69. The summed E-state index contributed by atoms with van der Waals surface area (Å²) >= 11 is 0. The molecule has 13 rings (SSSR count). The largest absolute Gasteiger partial charge is 0.463 e. The molecule has 4 aromatic heterocycles. The molecule has 4 N–H and O–H groups in total. The van der Waals surface area contributed by atoms with Crippen molar-refractivity contribution in [1.29, 1.82) is 0 Å². The summed E-state index contributed by atoms with van der Waals surface area (Å²) in [5, 5.41) is 1.77. The van der Waals surface area contributed by atoms with E-state index < -0.39 is 245 Å². The molecule has 0 radical (unpaired) electrons. The maximum Gasteiger partial charge on any atom is 0.303 e. The average molecular weight is 2000 g/mol. The van der Waals surface area contributed by atoms with Gasteiger partial charge in [0.05, 0.1) is 0 Å². The van der Waals surface area contributed by atoms with Crippen LogP contribution < -0.4 is 40.3 Å². The van der Waals surface area contributed by atoms with E-state index in [0.29, 0.717) is 88.7 Å². The van der Waals surface area contributed by atoms with Gasteiger partial charge in [-0.15, -0.1) is 0 Å². The highest BCUT2D eigenvalue weighted by Crippen LogP contribution is 2.40. The minimum atomic E-state index is -1.65. The summed E-state index contributed by atoms with van der Waals surface area (Å²) in [6.45, 7) is 15.3. The molecule has 0 aliphatic carbocycles. The van der Waals surface area contributed by atoms with E-state index in [1.165, 1.54) is 0 Å². The van der Waals surface area contributed by atoms with Crippen molar-refractivity contribution < 1.29 is 190 Å². The zero-order chi connectivity index (χ0) is 104. The van der Waals surface area contributed by atoms with Gasteiger partial charge in [0.25, 0.3) is 0 Å². The van der Waals surface area contributed by atoms with E-state index in [0.717, 1.165) is 111 Å². The maximum absolute atomic E-state index is 13.0. The Morgan fingerprint density at radius 2 is 0.354 bits per heavy atom. The van der Waals surface area contributed by atoms with Crippen molar-refractivity contribution in [3.05, 3.63) is 212 Å². The van der Waals surface area contributed by atoms with Crippen molar-refractivity contribution in [1.82, 2.24) is 19.9 Å². The molecular formula is C100H104N4O40. The number of carbonyl (C=O) groups excluding carboxylic acids is 16. The van der Waals surface area contributed by atoms with Gasteiger partial charge >= 0.3 is 95.5 Å². The Kier molecular flexibility index (Phi) is 34.1. The van der Waals surface area contributed by atoms with Crippen LogP contribution in [0.1, 0.15) is 156 Å². The van der Waals surface area contributed by atoms with Gasteiger partial charge in [-0.25, -0.2) is 0 Å². The molecule has 764 valence electrons. The number of aromatic amines is 4. The van der Waals surface area contributed by atoms with Gasteiger partial charge in [0, 0.05) is 177 Å². The van der Waals surface area contributed by atoms with Gasteiger partial charge in [-0.2, -0.15) is 0 Å². The molecular weight excluding hydrogens is 1900 g/mol. The van der Waals surface area contributed by atoms with Crippen LogP contribution in [0.2, 0.25) is 0 Å². The highest BCUT2D eigenvalue weighted by molar-refractivity contribution is 5.86. The van der Waals surface area contributed by atoms with Gasteiger partial charge in [-0.05, 0) is 119 Å². The molecule has 5 aliphatic heterocycles. The molecule has 20 atom stereocenters. The lowest BCUT2D eigenvalue weighted by Crippen LogP contribution is -2.63. The van der Waals surface area contributed by atoms with Crippen molar-refractivity contribution in [2.75, 3.05) is 26.4 Å². The fourth-order valence-corrected chi connectivity index (χ4v) is 17.0. The summed E-state index contributed by atoms with van der Waals surface area (Å²) in [7, 11) is 0. The number of benzene rings is 4. The van der Waals surface area contributed by atoms with Gasteiger partial charge in [-0.1, -0.05) is 48.5 Å². The first-order valence-corrected chi connectivity index (χ1v) is 45.1. The predicted octanol–water partition coefficient (Wildman–Crippen LogP) is 4.15. The molecule has 4 aromatic carbocycles. The third kappa shape index (κ3) is 26.6. The zero-order valence-electron chi connectivity index (χ0n) is 80.6. The molecule has 0 spiro atoms. The molecule has 5 aliphatic rings. The highest BCUT2D eigenvalue weighted by atomic mass is 16.8. The first-order valence-electron chi connectivity index (χ1n) is 45.1. The van der Waals surface area contributed by atoms with Crippen LogP contribution in [0.3, 0.4) is 0 Å². The lowest BCUT2D eigenvalue weighted by atomic mass is 9.98. The van der Waals surface area contributed by atoms with Crippen molar-refractivity contribution >= 4 is 118 Å². The number of carbonyl (C=O) groups is 16. The van der Waals surface area contributed by atoms with Gasteiger partial charge < -0.3 is 134 Å². The van der Waals surface area contributed by atoms with E-state index in [9.17, 15) is 76.7 Å². The number of hydrogen-bond donors (Lipinski definition) is 4. The molecule has 0 unspecified atom stereocenters. The van der Waals surface area contributed by atoms with Crippen LogP contribution >= 0.6 is 0 Å². The van der Waals surface area contributed by atoms with Gasteiger partial charge in [0.1, 0.15) is 73.8 Å². The van der Waals surface area contributed by atoms with E-state index in [1.807, 2.05) is 48.5 Å². The van der Waals surface area contributed by atoms with Crippen molar-refractivity contribution in [3.8, 4) is 23.0 Å². The third-order valence-electron chi connectivity index (χ3n) is 22.3. The molecule has 8 bridgehead atoms. The summed E-state index contributed by atoms with van der Waals surface area (Å²) in [6, 6.07) is 40.5. The molecule has 144 heavy (non-hydrogen) atoms. The number of esters is 16. The Morgan fingerprint density at radius 1 is 0.194 bits per heavy atom. The normalized spacial score (nSPS) is 24.2. The second kappa shape index (κ2) is 46.6. The molecule has 0 amide bonds. The van der Waals surface area contributed by atoms with E-state index >= 15 is 0 Å². The Bertz CT molecular complexity index is 5670. The van der Waals surface area contributed by atoms with E-state index in [4.69, 9.17) is 114 Å². The number of rotatable bonds is 32. The summed E-state index contributed by atoms with van der Waals surface area (Å²) < 4.78 is 141. The fraction of sp³-hybridized carbons (Fsp3) is 0.400. The first kappa shape index (κ1) is 105. The van der Waals surface area contributed by atoms with E-state index in [1.54, 1.807) is 97.1 Å². The Morgan fingerprint density at radius 3 is 0.514 bits per heavy atom. The number of H-pyrrole nitrogens is 4. The second-order valence-electron chi connectivity index (χ2n) is 33.5. The Hall–Kier alpha value is -16.0. The summed E-state index contributed by atoms with van der Waals surface area (Å²) in [4.78, 5) is 219. The molecule has 4 saturated heterocycles. The monoisotopic (exact) mass is 2000 g/mol. The quantitative estimate of drug-likeness (QED) is 0.0340. The number of ether oxygens (including phenoxy) is 24. The van der Waals surface area contributed by atoms with Gasteiger partial charge in [0.2, 0.25) is 49.6 Å². The molecule has 0 saturated carbocycles. The van der Waals surface area contributed by atoms with Crippen LogP contribution in [0.5, 0.6) is 23.0 Å². The molecule has 8 aromatic rings. The lowest BCUT2D eigenvalue weighted by Gasteiger charge is -2.43. The van der Waals surface area contributed by atoms with Gasteiger partial charge in [-0.3, -0.25) is 76.7 Å². The summed E-state index contributed by atoms with van der Waals surface area (Å²) in [5.41, 5.74) is 5.64. The van der Waals surface area contributed by atoms with E-state index in [-0.39, 0.29) is 23.0 Å². The van der Waals surface area contributed by atoms with Crippen molar-refractivity contribution in [2.45, 2.75) is 234 Å². The van der Waals surface area contributed by atoms with Crippen molar-refractivity contribution in [2.24, 2.45) is 0 Å². The highest BCUT2D eigenvalue weighted by Gasteiger charge is 2.58. The Labute approximate surface area is 819 Å². The number of nitrogens with one attached hydrogen (secondary N) is 4. The van der Waals surface area contributed by atoms with Crippen LogP contribution in [-0.2, 0) is 171 Å². The van der Waals surface area contributed by atoms with Crippen LogP contribution in [0.4, 0.5) is 0 Å². The topological polar surface area (TPSA) is 558 Å². The van der Waals surface area contributed by atoms with Crippen LogP contribution in [0.15, 0.2) is 146 Å². The maximum atomic E-state index is 13.0. The predicted molar refractivity (Wildman–Crippen MR) is 484 cm³/mol. The van der Waals surface area contributed by atoms with Gasteiger partial charge in [0.15, 0.2) is 48.8 Å². The fourth-order valence-electron chi connectivity index (χ4n) is 17.0. The zero-order valence-corrected chi connectivity index (χ0v) is 80.6.